The molecular weight excluding hydrogens is 428 g/mol. The standard InChI is InChI=1S/C31H26N2Si/c1-31(2)23-13-17-9-12-21-27-18(14-25-29(21)19-7-5-6-8-24(19)34(25,3)4)10-11-20(26(17)27)28(23)22-15-32-16-33-30(22)31/h5-13,15-16,18H,14H2,1-4H3. The van der Waals surface area contributed by atoms with Gasteiger partial charge in [-0.1, -0.05) is 80.7 Å². The Morgan fingerprint density at radius 2 is 1.85 bits per heavy atom. The van der Waals surface area contributed by atoms with E-state index in [1.165, 1.54) is 44.2 Å². The van der Waals surface area contributed by atoms with Crippen LogP contribution < -0.4 is 5.19 Å². The monoisotopic (exact) mass is 454 g/mol. The summed E-state index contributed by atoms with van der Waals surface area (Å²) in [5.41, 5.74) is 12.4. The van der Waals surface area contributed by atoms with Crippen molar-refractivity contribution in [3.63, 3.8) is 0 Å². The molecule has 0 fully saturated rings. The minimum absolute atomic E-state index is 0.116. The molecule has 34 heavy (non-hydrogen) atoms. The molecule has 4 aromatic rings. The molecule has 1 atom stereocenters. The van der Waals surface area contributed by atoms with Crippen LogP contribution in [0.4, 0.5) is 0 Å². The fraction of sp³-hybridized carbons (Fsp3) is 0.226. The van der Waals surface area contributed by atoms with E-state index in [2.05, 4.69) is 86.5 Å². The number of benzene rings is 3. The Morgan fingerprint density at radius 1 is 1.00 bits per heavy atom. The quantitative estimate of drug-likeness (QED) is 0.276. The van der Waals surface area contributed by atoms with Crippen LogP contribution in [0, 0.1) is 0 Å². The van der Waals surface area contributed by atoms with E-state index in [-0.39, 0.29) is 5.41 Å². The van der Waals surface area contributed by atoms with Gasteiger partial charge < -0.3 is 0 Å². The van der Waals surface area contributed by atoms with E-state index < -0.39 is 8.07 Å². The van der Waals surface area contributed by atoms with Gasteiger partial charge >= 0.3 is 0 Å². The summed E-state index contributed by atoms with van der Waals surface area (Å²) in [5.74, 6) is 0.463. The van der Waals surface area contributed by atoms with E-state index in [0.717, 1.165) is 12.1 Å². The van der Waals surface area contributed by atoms with Crippen LogP contribution in [-0.4, -0.2) is 18.0 Å². The van der Waals surface area contributed by atoms with Crippen LogP contribution >= 0.6 is 0 Å². The maximum atomic E-state index is 4.74. The minimum Gasteiger partial charge on any atom is -0.244 e. The predicted molar refractivity (Wildman–Crippen MR) is 143 cm³/mol. The van der Waals surface area contributed by atoms with Gasteiger partial charge in [-0.05, 0) is 67.4 Å². The molecule has 1 unspecified atom stereocenters. The van der Waals surface area contributed by atoms with Crippen molar-refractivity contribution in [3.05, 3.63) is 99.8 Å². The highest BCUT2D eigenvalue weighted by Crippen LogP contribution is 2.57. The maximum absolute atomic E-state index is 4.74. The van der Waals surface area contributed by atoms with Gasteiger partial charge in [0.25, 0.3) is 0 Å². The van der Waals surface area contributed by atoms with E-state index >= 15 is 0 Å². The van der Waals surface area contributed by atoms with E-state index in [1.54, 1.807) is 27.8 Å². The van der Waals surface area contributed by atoms with Crippen LogP contribution in [-0.2, 0) is 5.41 Å². The third-order valence-electron chi connectivity index (χ3n) is 9.12. The molecule has 0 N–H and O–H groups in total. The van der Waals surface area contributed by atoms with Crippen molar-refractivity contribution in [1.82, 2.24) is 9.97 Å². The zero-order valence-corrected chi connectivity index (χ0v) is 21.0. The molecule has 1 aliphatic heterocycles. The van der Waals surface area contributed by atoms with Crippen LogP contribution in [0.5, 0.6) is 0 Å². The zero-order valence-electron chi connectivity index (χ0n) is 20.0. The number of aromatic nitrogens is 2. The van der Waals surface area contributed by atoms with Gasteiger partial charge in [-0.2, -0.15) is 0 Å². The van der Waals surface area contributed by atoms with Crippen molar-refractivity contribution in [3.8, 4) is 11.1 Å². The highest BCUT2D eigenvalue weighted by atomic mass is 28.3. The van der Waals surface area contributed by atoms with Gasteiger partial charge in [0.1, 0.15) is 14.4 Å². The highest BCUT2D eigenvalue weighted by molar-refractivity contribution is 6.98. The second-order valence-corrected chi connectivity index (χ2v) is 15.8. The Bertz CT molecular complexity index is 1690. The summed E-state index contributed by atoms with van der Waals surface area (Å²) in [6.45, 7) is 9.70. The zero-order chi connectivity index (χ0) is 23.0. The first-order chi connectivity index (χ1) is 16.4. The minimum atomic E-state index is -1.65. The molecule has 2 nitrogen and oxygen atoms in total. The SMILES string of the molecule is CC1(C)c2cc3ccc4c5c3c(c2-c2cncnc21)C=CC5CC1=C4c2ccccc2[Si]1(C)C. The molecule has 0 saturated heterocycles. The normalized spacial score (nSPS) is 21.4. The number of fused-ring (bicyclic) bond motifs is 7. The third-order valence-corrected chi connectivity index (χ3v) is 12.9. The molecule has 164 valence electrons. The van der Waals surface area contributed by atoms with Gasteiger partial charge in [0.2, 0.25) is 0 Å². The fourth-order valence-corrected chi connectivity index (χ4v) is 10.8. The molecule has 1 aromatic heterocycles. The number of allylic oxidation sites excluding steroid dienone is 2. The number of rotatable bonds is 0. The first-order valence-electron chi connectivity index (χ1n) is 12.4. The molecule has 4 aliphatic rings. The lowest BCUT2D eigenvalue weighted by Gasteiger charge is -2.34. The predicted octanol–water partition coefficient (Wildman–Crippen LogP) is 6.72. The van der Waals surface area contributed by atoms with Gasteiger partial charge in [-0.3, -0.25) is 0 Å². The van der Waals surface area contributed by atoms with Crippen molar-refractivity contribution >= 4 is 35.7 Å². The second kappa shape index (κ2) is 5.84. The fourth-order valence-electron chi connectivity index (χ4n) is 7.49. The van der Waals surface area contributed by atoms with Crippen LogP contribution in [0.3, 0.4) is 0 Å². The Kier molecular flexibility index (Phi) is 3.27. The van der Waals surface area contributed by atoms with E-state index in [9.17, 15) is 0 Å². The van der Waals surface area contributed by atoms with Gasteiger partial charge in [0.15, 0.2) is 0 Å². The Morgan fingerprint density at radius 3 is 2.74 bits per heavy atom. The van der Waals surface area contributed by atoms with Crippen LogP contribution in [0.15, 0.2) is 66.3 Å². The molecule has 0 spiro atoms. The Labute approximate surface area is 201 Å². The Hall–Kier alpha value is -3.30. The average Bonchev–Trinajstić information content (AvgIpc) is 3.22. The summed E-state index contributed by atoms with van der Waals surface area (Å²) in [4.78, 5) is 9.16. The first kappa shape index (κ1) is 19.1. The van der Waals surface area contributed by atoms with Crippen LogP contribution in [0.1, 0.15) is 59.7 Å². The molecule has 3 aliphatic carbocycles. The van der Waals surface area contributed by atoms with Gasteiger partial charge in [0.05, 0.1) is 5.69 Å². The van der Waals surface area contributed by atoms with Crippen molar-refractivity contribution in [2.75, 3.05) is 0 Å². The smallest absolute Gasteiger partial charge is 0.115 e. The molecule has 2 heterocycles. The van der Waals surface area contributed by atoms with Gasteiger partial charge in [-0.25, -0.2) is 9.97 Å². The summed E-state index contributed by atoms with van der Waals surface area (Å²) < 4.78 is 0. The molecule has 0 radical (unpaired) electrons. The van der Waals surface area contributed by atoms with Gasteiger partial charge in [0, 0.05) is 23.1 Å². The summed E-state index contributed by atoms with van der Waals surface area (Å²) in [6, 6.07) is 16.4. The van der Waals surface area contributed by atoms with Crippen LogP contribution in [0.2, 0.25) is 13.1 Å². The highest BCUT2D eigenvalue weighted by Gasteiger charge is 2.45. The summed E-state index contributed by atoms with van der Waals surface area (Å²) >= 11 is 0. The van der Waals surface area contributed by atoms with Crippen molar-refractivity contribution in [2.24, 2.45) is 0 Å². The lowest BCUT2D eigenvalue weighted by molar-refractivity contribution is 0.635. The number of nitrogens with zero attached hydrogens (tertiary/aromatic N) is 2. The maximum Gasteiger partial charge on any atom is 0.115 e. The summed E-state index contributed by atoms with van der Waals surface area (Å²) in [6.07, 6.45) is 9.79. The molecule has 0 bridgehead atoms. The largest absolute Gasteiger partial charge is 0.244 e. The topological polar surface area (TPSA) is 25.8 Å². The molecule has 3 heteroatoms. The van der Waals surface area contributed by atoms with Crippen molar-refractivity contribution in [2.45, 2.75) is 44.7 Å². The summed E-state index contributed by atoms with van der Waals surface area (Å²) in [5, 5.41) is 6.16. The lowest BCUT2D eigenvalue weighted by atomic mass is 9.73. The average molecular weight is 455 g/mol. The summed E-state index contributed by atoms with van der Waals surface area (Å²) in [7, 11) is -1.65. The molecule has 3 aromatic carbocycles. The van der Waals surface area contributed by atoms with Gasteiger partial charge in [-0.15, -0.1) is 0 Å². The second-order valence-electron chi connectivity index (χ2n) is 11.4. The van der Waals surface area contributed by atoms with E-state index in [0.29, 0.717) is 5.92 Å². The van der Waals surface area contributed by atoms with E-state index in [1.807, 2.05) is 6.20 Å². The third kappa shape index (κ3) is 2.01. The lowest BCUT2D eigenvalue weighted by Crippen LogP contribution is -2.42. The van der Waals surface area contributed by atoms with Crippen LogP contribution in [0.25, 0.3) is 33.5 Å². The number of hydrogen-bond acceptors (Lipinski definition) is 2. The molecule has 0 saturated carbocycles. The number of hydrogen-bond donors (Lipinski definition) is 0. The molecular formula is C31H26N2Si. The first-order valence-corrected chi connectivity index (χ1v) is 15.4. The molecule has 8 rings (SSSR count). The van der Waals surface area contributed by atoms with Crippen molar-refractivity contribution in [1.29, 1.82) is 0 Å². The molecule has 0 amide bonds. The van der Waals surface area contributed by atoms with Crippen molar-refractivity contribution < 1.29 is 0 Å². The Balaban J connectivity index is 1.50. The van der Waals surface area contributed by atoms with E-state index in [4.69, 9.17) is 4.98 Å².